The van der Waals surface area contributed by atoms with Crippen LogP contribution in [0.3, 0.4) is 0 Å². The molecule has 1 N–H and O–H groups in total. The molecule has 0 aliphatic carbocycles. The molecule has 12 heavy (non-hydrogen) atoms. The molecule has 1 amide bonds. The second-order valence-electron chi connectivity index (χ2n) is 4.06. The van der Waals surface area contributed by atoms with Crippen LogP contribution in [0.4, 0.5) is 0 Å². The van der Waals surface area contributed by atoms with Crippen molar-refractivity contribution < 1.29 is 4.79 Å². The number of amides is 1. The molecule has 2 nitrogen and oxygen atoms in total. The van der Waals surface area contributed by atoms with Crippen LogP contribution in [-0.4, -0.2) is 12.5 Å². The molecule has 0 rings (SSSR count). The van der Waals surface area contributed by atoms with Crippen molar-refractivity contribution in [3.8, 4) is 0 Å². The molecule has 0 aromatic carbocycles. The number of carbonyl (C=O) groups excluding carboxylic acids is 1. The van der Waals surface area contributed by atoms with Gasteiger partial charge in [-0.15, -0.1) is 0 Å². The fourth-order valence-electron chi connectivity index (χ4n) is 0.348. The van der Waals surface area contributed by atoms with Crippen LogP contribution < -0.4 is 5.32 Å². The highest BCUT2D eigenvalue weighted by atomic mass is 16.1. The summed E-state index contributed by atoms with van der Waals surface area (Å²) in [6.07, 6.45) is 0. The van der Waals surface area contributed by atoms with E-state index in [1.165, 1.54) is 6.92 Å². The Bertz CT molecular complexity index is 106. The Morgan fingerprint density at radius 3 is 1.58 bits per heavy atom. The molecule has 0 bridgehead atoms. The molecule has 0 unspecified atom stereocenters. The van der Waals surface area contributed by atoms with Crippen molar-refractivity contribution in [2.24, 2.45) is 11.8 Å². The van der Waals surface area contributed by atoms with Gasteiger partial charge in [0.1, 0.15) is 0 Å². The van der Waals surface area contributed by atoms with Crippen LogP contribution in [-0.2, 0) is 4.79 Å². The third-order valence-corrected chi connectivity index (χ3v) is 0.759. The minimum Gasteiger partial charge on any atom is -0.356 e. The summed E-state index contributed by atoms with van der Waals surface area (Å²) < 4.78 is 0. The molecule has 0 radical (unpaired) electrons. The van der Waals surface area contributed by atoms with Gasteiger partial charge in [0.25, 0.3) is 0 Å². The summed E-state index contributed by atoms with van der Waals surface area (Å²) in [6.45, 7) is 12.9. The molecule has 0 aromatic rings. The fourth-order valence-corrected chi connectivity index (χ4v) is 0.348. The van der Waals surface area contributed by atoms with E-state index in [1.807, 2.05) is 0 Å². The zero-order valence-corrected chi connectivity index (χ0v) is 9.27. The number of hydrogen-bond acceptors (Lipinski definition) is 1. The molecule has 74 valence electrons. The van der Waals surface area contributed by atoms with Crippen LogP contribution in [0.2, 0.25) is 0 Å². The van der Waals surface area contributed by atoms with Gasteiger partial charge in [-0.2, -0.15) is 0 Å². The van der Waals surface area contributed by atoms with E-state index in [-0.39, 0.29) is 5.91 Å². The average molecular weight is 173 g/mol. The van der Waals surface area contributed by atoms with Gasteiger partial charge in [-0.3, -0.25) is 4.79 Å². The fraction of sp³-hybridized carbons (Fsp3) is 0.900. The SMILES string of the molecule is CC(=O)NCC(C)C.CC(C)C. The quantitative estimate of drug-likeness (QED) is 0.682. The molecule has 0 atom stereocenters. The highest BCUT2D eigenvalue weighted by Gasteiger charge is 1.92. The molecule has 0 aromatic heterocycles. The first kappa shape index (κ1) is 14.0. The molecule has 0 heterocycles. The smallest absolute Gasteiger partial charge is 0.216 e. The van der Waals surface area contributed by atoms with Gasteiger partial charge in [0.05, 0.1) is 0 Å². The highest BCUT2D eigenvalue weighted by Crippen LogP contribution is 1.85. The maximum absolute atomic E-state index is 10.2. The predicted molar refractivity (Wildman–Crippen MR) is 54.0 cm³/mol. The number of nitrogens with one attached hydrogen (secondary N) is 1. The predicted octanol–water partition coefficient (Wildman–Crippen LogP) is 2.44. The normalized spacial score (nSPS) is 9.33. The van der Waals surface area contributed by atoms with Crippen LogP contribution in [0.1, 0.15) is 41.5 Å². The van der Waals surface area contributed by atoms with E-state index in [0.29, 0.717) is 5.92 Å². The average Bonchev–Trinajstić information content (AvgIpc) is 1.82. The second-order valence-corrected chi connectivity index (χ2v) is 4.06. The van der Waals surface area contributed by atoms with Crippen molar-refractivity contribution in [3.63, 3.8) is 0 Å². The lowest BCUT2D eigenvalue weighted by atomic mass is 10.2. The van der Waals surface area contributed by atoms with Crippen molar-refractivity contribution >= 4 is 5.91 Å². The topological polar surface area (TPSA) is 29.1 Å². The molecule has 2 heteroatoms. The first-order valence-corrected chi connectivity index (χ1v) is 4.60. The van der Waals surface area contributed by atoms with Crippen LogP contribution >= 0.6 is 0 Å². The third-order valence-electron chi connectivity index (χ3n) is 0.759. The molecular formula is C10H23NO. The van der Waals surface area contributed by atoms with Crippen LogP contribution in [0.15, 0.2) is 0 Å². The van der Waals surface area contributed by atoms with E-state index in [4.69, 9.17) is 0 Å². The summed E-state index contributed by atoms with van der Waals surface area (Å²) in [5.41, 5.74) is 0. The van der Waals surface area contributed by atoms with Crippen molar-refractivity contribution in [2.75, 3.05) is 6.54 Å². The maximum Gasteiger partial charge on any atom is 0.216 e. The van der Waals surface area contributed by atoms with Gasteiger partial charge < -0.3 is 5.32 Å². The van der Waals surface area contributed by atoms with E-state index < -0.39 is 0 Å². The Balaban J connectivity index is 0. The Morgan fingerprint density at radius 2 is 1.50 bits per heavy atom. The van der Waals surface area contributed by atoms with Gasteiger partial charge in [0, 0.05) is 13.5 Å². The van der Waals surface area contributed by atoms with Gasteiger partial charge in [-0.1, -0.05) is 34.6 Å². The second kappa shape index (κ2) is 8.57. The van der Waals surface area contributed by atoms with Crippen LogP contribution in [0.5, 0.6) is 0 Å². The molecule has 0 aliphatic heterocycles. The van der Waals surface area contributed by atoms with Crippen molar-refractivity contribution in [3.05, 3.63) is 0 Å². The summed E-state index contributed by atoms with van der Waals surface area (Å²) in [4.78, 5) is 10.2. The van der Waals surface area contributed by atoms with Crippen LogP contribution in [0, 0.1) is 11.8 Å². The lowest BCUT2D eigenvalue weighted by molar-refractivity contribution is -0.119. The monoisotopic (exact) mass is 173 g/mol. The van der Waals surface area contributed by atoms with Gasteiger partial charge in [0.15, 0.2) is 0 Å². The van der Waals surface area contributed by atoms with E-state index in [9.17, 15) is 4.79 Å². The summed E-state index contributed by atoms with van der Waals surface area (Å²) in [7, 11) is 0. The van der Waals surface area contributed by atoms with Crippen molar-refractivity contribution in [1.82, 2.24) is 5.32 Å². The highest BCUT2D eigenvalue weighted by molar-refractivity contribution is 5.72. The number of hydrogen-bond donors (Lipinski definition) is 1. The van der Waals surface area contributed by atoms with E-state index >= 15 is 0 Å². The van der Waals surface area contributed by atoms with E-state index in [1.54, 1.807) is 0 Å². The van der Waals surface area contributed by atoms with Crippen molar-refractivity contribution in [1.29, 1.82) is 0 Å². The van der Waals surface area contributed by atoms with E-state index in [0.717, 1.165) is 12.5 Å². The zero-order chi connectivity index (χ0) is 10.1. The van der Waals surface area contributed by atoms with Crippen molar-refractivity contribution in [2.45, 2.75) is 41.5 Å². The first-order chi connectivity index (χ1) is 5.36. The molecule has 0 aliphatic rings. The first-order valence-electron chi connectivity index (χ1n) is 4.60. The maximum atomic E-state index is 10.2. The Labute approximate surface area is 76.7 Å². The minimum absolute atomic E-state index is 0.0544. The summed E-state index contributed by atoms with van der Waals surface area (Å²) >= 11 is 0. The van der Waals surface area contributed by atoms with Gasteiger partial charge in [-0.25, -0.2) is 0 Å². The summed E-state index contributed by atoms with van der Waals surface area (Å²) in [6, 6.07) is 0. The number of rotatable bonds is 2. The Kier molecular flexibility index (Phi) is 10.0. The molecule has 0 spiro atoms. The molecular weight excluding hydrogens is 150 g/mol. The number of carbonyl (C=O) groups is 1. The van der Waals surface area contributed by atoms with Gasteiger partial charge in [0.2, 0.25) is 5.91 Å². The molecule has 0 saturated carbocycles. The van der Waals surface area contributed by atoms with Crippen LogP contribution in [0.25, 0.3) is 0 Å². The zero-order valence-electron chi connectivity index (χ0n) is 9.27. The van der Waals surface area contributed by atoms with E-state index in [2.05, 4.69) is 39.9 Å². The Hall–Kier alpha value is -0.530. The Morgan fingerprint density at radius 1 is 1.17 bits per heavy atom. The standard InChI is InChI=1S/C6H13NO.C4H10/c1-5(2)4-7-6(3)8;1-4(2)3/h5H,4H2,1-3H3,(H,7,8);4H,1-3H3. The largest absolute Gasteiger partial charge is 0.356 e. The lowest BCUT2D eigenvalue weighted by Crippen LogP contribution is -2.24. The lowest BCUT2D eigenvalue weighted by Gasteiger charge is -2.02. The summed E-state index contributed by atoms with van der Waals surface area (Å²) in [5.74, 6) is 1.44. The third kappa shape index (κ3) is 34.0. The minimum atomic E-state index is 0.0544. The summed E-state index contributed by atoms with van der Waals surface area (Å²) in [5, 5.41) is 2.71. The van der Waals surface area contributed by atoms with Gasteiger partial charge in [-0.05, 0) is 11.8 Å². The molecule has 0 saturated heterocycles. The van der Waals surface area contributed by atoms with Gasteiger partial charge >= 0.3 is 0 Å². The molecule has 0 fully saturated rings.